The fraction of sp³-hybridized carbons (Fsp3) is 0.611. The summed E-state index contributed by atoms with van der Waals surface area (Å²) in [6, 6.07) is 17.9. The summed E-state index contributed by atoms with van der Waals surface area (Å²) in [6.07, 6.45) is 16.4. The van der Waals surface area contributed by atoms with Gasteiger partial charge in [0.2, 0.25) is 0 Å². The summed E-state index contributed by atoms with van der Waals surface area (Å²) in [5.74, 6) is 2.29. The quantitative estimate of drug-likeness (QED) is 0.198. The topological polar surface area (TPSA) is 108 Å². The standard InChI is InChI=1S/2C36H54N2O2.ClH.In/c2*1-33(2,3)25-17-23(31(39)27(19-25)35(7,8)9)21-37-29-15-13-14-16-30(29)38-22-24-18-26(34(4,5)6)20-28(32(24)40)36(10,11)12;;/h2*17-22,29-30,39-40H,13-16H2,1-12H3;1H;/q;;;+3/p-3/t2*29-,30-;;/m11../s1. The second kappa shape index (κ2) is 25.1. The molecule has 4 atom stereocenters. The number of aliphatic imine (C=N–C) groups is 4. The average Bonchev–Trinajstić information content (AvgIpc) is 3.50. The van der Waals surface area contributed by atoms with Crippen LogP contribution in [0.4, 0.5) is 0 Å². The van der Waals surface area contributed by atoms with E-state index in [9.17, 15) is 10.2 Å². The Morgan fingerprint density at radius 2 is 0.695 bits per heavy atom. The summed E-state index contributed by atoms with van der Waals surface area (Å²) in [4.78, 5) is 20.5. The second-order valence-corrected chi connectivity index (χ2v) is 37.6. The third-order valence-electron chi connectivity index (χ3n) is 16.6. The molecule has 8 nitrogen and oxygen atoms in total. The Balaban J connectivity index is 0.000000264. The molecule has 2 fully saturated rings. The van der Waals surface area contributed by atoms with Crippen LogP contribution in [0.3, 0.4) is 0 Å². The Bertz CT molecular complexity index is 2820. The van der Waals surface area contributed by atoms with Crippen molar-refractivity contribution in [2.24, 2.45) is 20.0 Å². The summed E-state index contributed by atoms with van der Waals surface area (Å²) in [7, 11) is 7.21. The number of rotatable bonds is 4. The molecule has 10 heteroatoms. The van der Waals surface area contributed by atoms with Crippen molar-refractivity contribution in [1.82, 2.24) is 0 Å². The Kier molecular flexibility index (Phi) is 20.5. The second-order valence-electron chi connectivity index (χ2n) is 32.3. The van der Waals surface area contributed by atoms with E-state index in [0.29, 0.717) is 11.5 Å². The van der Waals surface area contributed by atoms with Crippen LogP contribution in [0.1, 0.15) is 284 Å². The number of hydrogen-bond donors (Lipinski definition) is 2. The number of halogens is 1. The molecule has 448 valence electrons. The first-order valence-electron chi connectivity index (χ1n) is 30.7. The first kappa shape index (κ1) is 67.1. The molecule has 0 radical (unpaired) electrons. The van der Waals surface area contributed by atoms with Crippen molar-refractivity contribution >= 4 is 54.6 Å². The third kappa shape index (κ3) is 17.1. The summed E-state index contributed by atoms with van der Waals surface area (Å²) in [5, 5.41) is 22.5. The molecule has 1 aliphatic heterocycles. The number of nitrogens with zero attached hydrogens (tertiary/aromatic N) is 4. The monoisotopic (exact) mass is 1240 g/mol. The van der Waals surface area contributed by atoms with E-state index in [1.54, 1.807) is 0 Å². The summed E-state index contributed by atoms with van der Waals surface area (Å²) in [6.45, 7) is 53.0. The molecule has 0 bridgehead atoms. The van der Waals surface area contributed by atoms with E-state index in [-0.39, 0.29) is 67.5 Å². The predicted octanol–water partition coefficient (Wildman–Crippen LogP) is 18.9. The van der Waals surface area contributed by atoms with Crippen molar-refractivity contribution in [3.05, 3.63) is 115 Å². The average molecular weight is 1240 g/mol. The van der Waals surface area contributed by atoms with Gasteiger partial charge in [0.25, 0.3) is 0 Å². The van der Waals surface area contributed by atoms with Gasteiger partial charge >= 0.3 is 269 Å². The number of aromatic hydroxyl groups is 2. The maximum absolute atomic E-state index is 11.2. The van der Waals surface area contributed by atoms with Crippen LogP contribution in [0.5, 0.6) is 23.0 Å². The fourth-order valence-corrected chi connectivity index (χ4v) is 14.9. The Morgan fingerprint density at radius 1 is 0.415 bits per heavy atom. The number of fused-ring (bicyclic) bond motifs is 3. The van der Waals surface area contributed by atoms with Crippen LogP contribution in [0.25, 0.3) is 0 Å². The van der Waals surface area contributed by atoms with Gasteiger partial charge in [-0.1, -0.05) is 108 Å². The molecule has 1 heterocycles. The van der Waals surface area contributed by atoms with Crippen LogP contribution < -0.4 is 5.71 Å². The van der Waals surface area contributed by atoms with E-state index in [0.717, 1.165) is 94.5 Å². The minimum atomic E-state index is -3.61. The minimum absolute atomic E-state index is 0.0207. The molecule has 0 unspecified atom stereocenters. The zero-order valence-electron chi connectivity index (χ0n) is 55.3. The number of hydrogen-bond acceptors (Lipinski definition) is 8. The van der Waals surface area contributed by atoms with Crippen molar-refractivity contribution in [3.63, 3.8) is 0 Å². The molecule has 3 aliphatic rings. The van der Waals surface area contributed by atoms with Gasteiger partial charge in [0.15, 0.2) is 0 Å². The molecular formula is C72H106ClInN4O4. The van der Waals surface area contributed by atoms with Crippen molar-refractivity contribution in [2.45, 2.75) is 285 Å². The molecule has 2 aliphatic carbocycles. The Hall–Kier alpha value is -4.08. The molecule has 0 aromatic heterocycles. The molecule has 4 aromatic rings. The first-order chi connectivity index (χ1) is 37.4. The summed E-state index contributed by atoms with van der Waals surface area (Å²) in [5.41, 5.74) is 11.9. The molecule has 4 aromatic carbocycles. The maximum atomic E-state index is 11.2. The van der Waals surface area contributed by atoms with E-state index in [1.165, 1.54) is 35.1 Å². The number of phenols is 2. The molecule has 2 saturated carbocycles. The van der Waals surface area contributed by atoms with Crippen LogP contribution in [-0.4, -0.2) is 80.4 Å². The molecule has 82 heavy (non-hydrogen) atoms. The molecule has 0 amide bonds. The Morgan fingerprint density at radius 3 is 0.988 bits per heavy atom. The van der Waals surface area contributed by atoms with Gasteiger partial charge in [-0.2, -0.15) is 0 Å². The first-order valence-corrected chi connectivity index (χ1v) is 37.5. The molecule has 0 saturated heterocycles. The van der Waals surface area contributed by atoms with Gasteiger partial charge in [-0.15, -0.1) is 0 Å². The van der Waals surface area contributed by atoms with E-state index in [1.807, 2.05) is 24.9 Å². The van der Waals surface area contributed by atoms with Crippen molar-refractivity contribution in [2.75, 3.05) is 0 Å². The zero-order chi connectivity index (χ0) is 61.5. The number of benzene rings is 4. The predicted molar refractivity (Wildman–Crippen MR) is 354 cm³/mol. The van der Waals surface area contributed by atoms with Crippen molar-refractivity contribution < 1.29 is 15.9 Å². The van der Waals surface area contributed by atoms with Crippen LogP contribution in [0.2, 0.25) is 0 Å². The van der Waals surface area contributed by atoms with Gasteiger partial charge in [0.1, 0.15) is 11.5 Å². The fourth-order valence-electron chi connectivity index (χ4n) is 11.1. The molecular weight excluding hydrogens is 1140 g/mol. The van der Waals surface area contributed by atoms with Gasteiger partial charge in [-0.3, -0.25) is 9.98 Å². The van der Waals surface area contributed by atoms with Crippen LogP contribution in [-0.2, 0) is 43.3 Å². The van der Waals surface area contributed by atoms with Crippen LogP contribution in [0.15, 0.2) is 68.5 Å². The van der Waals surface area contributed by atoms with E-state index < -0.39 is 21.1 Å². The normalized spacial score (nSPS) is 19.9. The van der Waals surface area contributed by atoms with Gasteiger partial charge < -0.3 is 10.2 Å². The van der Waals surface area contributed by atoms with Crippen molar-refractivity contribution in [3.8, 4) is 23.0 Å². The zero-order valence-corrected chi connectivity index (χ0v) is 59.4. The SMILES string of the molecule is CC(C)(C)c1cc(C=N[C@@H]2CCCC[C@H]2N=Cc2cc(C(C)(C)C)cc(C(C)(C)C)c2O)c(O)c(C(C)(C)C)c1.CC(C)(C)c1cc2c(c(C(C)(C)C)c1)[O][In]([Cl])[O]c1c(cc(C(C)(C)C)cc1C(C)(C)C)C=N[C@@H]1CCCC[C@H]1N=C2. The van der Waals surface area contributed by atoms with Crippen LogP contribution >= 0.6 is 8.58 Å². The third-order valence-corrected chi connectivity index (χ3v) is 20.2. The molecule has 2 N–H and O–H groups in total. The summed E-state index contributed by atoms with van der Waals surface area (Å²) >= 11 is -3.61. The van der Waals surface area contributed by atoms with E-state index in [2.05, 4.69) is 215 Å². The van der Waals surface area contributed by atoms with Gasteiger partial charge in [-0.05, 0) is 57.8 Å². The van der Waals surface area contributed by atoms with Gasteiger partial charge in [-0.25, -0.2) is 0 Å². The van der Waals surface area contributed by atoms with Crippen LogP contribution in [0, 0.1) is 0 Å². The van der Waals surface area contributed by atoms with Crippen molar-refractivity contribution in [1.29, 1.82) is 0 Å². The van der Waals surface area contributed by atoms with Gasteiger partial charge in [0.05, 0.1) is 12.1 Å². The van der Waals surface area contributed by atoms with E-state index in [4.69, 9.17) is 34.3 Å². The van der Waals surface area contributed by atoms with Gasteiger partial charge in [0, 0.05) is 34.7 Å². The number of phenolic OH excluding ortho intramolecular Hbond substituents is 2. The van der Waals surface area contributed by atoms with E-state index >= 15 is 0 Å². The molecule has 0 spiro atoms. The molecule has 7 rings (SSSR count). The Labute approximate surface area is 510 Å². The summed E-state index contributed by atoms with van der Waals surface area (Å²) < 4.78 is 13.6.